The SMILES string of the molecule is Cc1cc(CO)c(Cl)c(S(=O)(=O)Nc2cccc(-c3nn(C)c4ncnc(N)c34)c2F)c1. The lowest BCUT2D eigenvalue weighted by Gasteiger charge is -2.14. The highest BCUT2D eigenvalue weighted by molar-refractivity contribution is 7.92. The highest BCUT2D eigenvalue weighted by Crippen LogP contribution is 2.35. The first-order valence-electron chi connectivity index (χ1n) is 9.28. The summed E-state index contributed by atoms with van der Waals surface area (Å²) in [6.45, 7) is 1.22. The molecule has 166 valence electrons. The largest absolute Gasteiger partial charge is 0.392 e. The van der Waals surface area contributed by atoms with E-state index >= 15 is 4.39 Å². The van der Waals surface area contributed by atoms with Gasteiger partial charge >= 0.3 is 0 Å². The number of nitrogen functional groups attached to an aromatic ring is 1. The third-order valence-corrected chi connectivity index (χ3v) is 6.81. The van der Waals surface area contributed by atoms with Gasteiger partial charge in [-0.25, -0.2) is 27.5 Å². The summed E-state index contributed by atoms with van der Waals surface area (Å²) in [4.78, 5) is 7.78. The van der Waals surface area contributed by atoms with Gasteiger partial charge in [0.05, 0.1) is 22.7 Å². The number of halogens is 2. The van der Waals surface area contributed by atoms with Crippen LogP contribution in [-0.2, 0) is 23.7 Å². The summed E-state index contributed by atoms with van der Waals surface area (Å²) in [5.74, 6) is -0.739. The number of aryl methyl sites for hydroxylation is 2. The first kappa shape index (κ1) is 21.9. The molecule has 9 nitrogen and oxygen atoms in total. The van der Waals surface area contributed by atoms with Crippen molar-refractivity contribution in [3.8, 4) is 11.3 Å². The zero-order valence-corrected chi connectivity index (χ0v) is 18.5. The third kappa shape index (κ3) is 3.64. The number of nitrogens with two attached hydrogens (primary N) is 1. The van der Waals surface area contributed by atoms with Gasteiger partial charge in [-0.1, -0.05) is 23.7 Å². The molecule has 2 aromatic carbocycles. The molecule has 2 heterocycles. The Balaban J connectivity index is 1.83. The molecule has 0 aliphatic heterocycles. The van der Waals surface area contributed by atoms with Gasteiger partial charge in [-0.15, -0.1) is 0 Å². The molecule has 0 atom stereocenters. The topological polar surface area (TPSA) is 136 Å². The van der Waals surface area contributed by atoms with Gasteiger partial charge in [0.1, 0.15) is 22.7 Å². The fraction of sp³-hybridized carbons (Fsp3) is 0.150. The molecule has 4 N–H and O–H groups in total. The zero-order chi connectivity index (χ0) is 23.2. The third-order valence-electron chi connectivity index (χ3n) is 4.87. The fourth-order valence-electron chi connectivity index (χ4n) is 3.41. The maximum atomic E-state index is 15.5. The van der Waals surface area contributed by atoms with Crippen molar-refractivity contribution in [2.24, 2.45) is 7.05 Å². The van der Waals surface area contributed by atoms with Crippen LogP contribution in [0.3, 0.4) is 0 Å². The molecule has 0 aliphatic rings. The predicted octanol–water partition coefficient (Wildman–Crippen LogP) is 3.01. The smallest absolute Gasteiger partial charge is 0.263 e. The highest BCUT2D eigenvalue weighted by Gasteiger charge is 2.25. The Labute approximate surface area is 187 Å². The second-order valence-electron chi connectivity index (χ2n) is 7.10. The van der Waals surface area contributed by atoms with Gasteiger partial charge in [-0.2, -0.15) is 5.10 Å². The summed E-state index contributed by atoms with van der Waals surface area (Å²) in [7, 11) is -2.65. The Kier molecular flexibility index (Phi) is 5.49. The van der Waals surface area contributed by atoms with Crippen molar-refractivity contribution >= 4 is 44.2 Å². The normalized spacial score (nSPS) is 11.8. The molecule has 0 saturated heterocycles. The number of nitrogens with zero attached hydrogens (tertiary/aromatic N) is 4. The minimum absolute atomic E-state index is 0.0173. The second kappa shape index (κ2) is 8.01. The lowest BCUT2D eigenvalue weighted by molar-refractivity contribution is 0.281. The molecule has 0 bridgehead atoms. The number of nitrogens with one attached hydrogen (secondary N) is 1. The maximum absolute atomic E-state index is 15.5. The molecule has 0 unspecified atom stereocenters. The molecule has 12 heteroatoms. The van der Waals surface area contributed by atoms with Crippen molar-refractivity contribution in [1.29, 1.82) is 0 Å². The lowest BCUT2D eigenvalue weighted by Crippen LogP contribution is -2.15. The minimum Gasteiger partial charge on any atom is -0.392 e. The van der Waals surface area contributed by atoms with Gasteiger partial charge in [-0.05, 0) is 36.2 Å². The van der Waals surface area contributed by atoms with Gasteiger partial charge < -0.3 is 10.8 Å². The summed E-state index contributed by atoms with van der Waals surface area (Å²) in [6, 6.07) is 7.12. The van der Waals surface area contributed by atoms with Gasteiger partial charge in [0.25, 0.3) is 10.0 Å². The van der Waals surface area contributed by atoms with Crippen molar-refractivity contribution in [3.05, 3.63) is 58.6 Å². The molecule has 0 fully saturated rings. The van der Waals surface area contributed by atoms with E-state index in [0.29, 0.717) is 16.6 Å². The van der Waals surface area contributed by atoms with E-state index in [1.807, 2.05) is 0 Å². The van der Waals surface area contributed by atoms with E-state index in [0.717, 1.165) is 0 Å². The van der Waals surface area contributed by atoms with Gasteiger partial charge in [0.15, 0.2) is 11.5 Å². The number of hydrogen-bond acceptors (Lipinski definition) is 7. The summed E-state index contributed by atoms with van der Waals surface area (Å²) >= 11 is 6.17. The molecule has 0 radical (unpaired) electrons. The van der Waals surface area contributed by atoms with E-state index in [4.69, 9.17) is 17.3 Å². The van der Waals surface area contributed by atoms with Crippen LogP contribution in [0.5, 0.6) is 0 Å². The van der Waals surface area contributed by atoms with E-state index in [-0.39, 0.29) is 38.2 Å². The number of sulfonamides is 1. The molecule has 4 rings (SSSR count). The van der Waals surface area contributed by atoms with E-state index in [9.17, 15) is 13.5 Å². The van der Waals surface area contributed by atoms with Crippen LogP contribution in [0.4, 0.5) is 15.9 Å². The van der Waals surface area contributed by atoms with Crippen LogP contribution in [0.1, 0.15) is 11.1 Å². The molecule has 0 amide bonds. The molecule has 0 spiro atoms. The van der Waals surface area contributed by atoms with Crippen LogP contribution < -0.4 is 10.5 Å². The molecular weight excluding hydrogens is 459 g/mol. The maximum Gasteiger partial charge on any atom is 0.263 e. The van der Waals surface area contributed by atoms with Crippen molar-refractivity contribution in [1.82, 2.24) is 19.7 Å². The molecule has 2 aromatic heterocycles. The van der Waals surface area contributed by atoms with Crippen molar-refractivity contribution in [2.45, 2.75) is 18.4 Å². The number of fused-ring (bicyclic) bond motifs is 1. The standard InChI is InChI=1S/C20H18ClFN6O3S/c1-10-6-11(8-29)16(21)14(7-10)32(30,31)27-13-5-3-4-12(17(13)22)18-15-19(23)24-9-25-20(15)28(2)26-18/h3-7,9,27,29H,8H2,1-2H3,(H2,23,24,25). The Morgan fingerprint density at radius 3 is 2.75 bits per heavy atom. The molecule has 4 aromatic rings. The Morgan fingerprint density at radius 2 is 2.03 bits per heavy atom. The first-order valence-corrected chi connectivity index (χ1v) is 11.1. The van der Waals surface area contributed by atoms with Gasteiger partial charge in [0.2, 0.25) is 0 Å². The van der Waals surface area contributed by atoms with Crippen LogP contribution in [0.2, 0.25) is 5.02 Å². The number of benzene rings is 2. The Hall–Kier alpha value is -3.28. The molecule has 0 saturated carbocycles. The number of aliphatic hydroxyl groups is 1. The Morgan fingerprint density at radius 1 is 1.28 bits per heavy atom. The summed E-state index contributed by atoms with van der Waals surface area (Å²) in [5.41, 5.74) is 7.07. The average molecular weight is 477 g/mol. The number of aliphatic hydroxyl groups excluding tert-OH is 1. The van der Waals surface area contributed by atoms with E-state index < -0.39 is 22.4 Å². The van der Waals surface area contributed by atoms with Crippen LogP contribution in [0, 0.1) is 12.7 Å². The average Bonchev–Trinajstić information content (AvgIpc) is 3.08. The minimum atomic E-state index is -4.27. The first-order chi connectivity index (χ1) is 15.1. The monoisotopic (exact) mass is 476 g/mol. The van der Waals surface area contributed by atoms with Crippen LogP contribution in [-0.4, -0.2) is 33.3 Å². The van der Waals surface area contributed by atoms with Gasteiger partial charge in [-0.3, -0.25) is 4.72 Å². The van der Waals surface area contributed by atoms with E-state index in [1.165, 1.54) is 35.3 Å². The van der Waals surface area contributed by atoms with Crippen molar-refractivity contribution in [3.63, 3.8) is 0 Å². The highest BCUT2D eigenvalue weighted by atomic mass is 35.5. The number of rotatable bonds is 5. The lowest BCUT2D eigenvalue weighted by atomic mass is 10.1. The summed E-state index contributed by atoms with van der Waals surface area (Å²) in [5, 5.41) is 14.0. The Bertz CT molecular complexity index is 1470. The van der Waals surface area contributed by atoms with E-state index in [1.54, 1.807) is 20.0 Å². The van der Waals surface area contributed by atoms with E-state index in [2.05, 4.69) is 19.8 Å². The number of aromatic nitrogens is 4. The van der Waals surface area contributed by atoms with Crippen LogP contribution in [0.15, 0.2) is 41.6 Å². The summed E-state index contributed by atoms with van der Waals surface area (Å²) < 4.78 is 45.2. The number of hydrogen-bond donors (Lipinski definition) is 3. The van der Waals surface area contributed by atoms with Crippen molar-refractivity contribution in [2.75, 3.05) is 10.5 Å². The van der Waals surface area contributed by atoms with Crippen LogP contribution in [0.25, 0.3) is 22.3 Å². The fourth-order valence-corrected chi connectivity index (χ4v) is 5.15. The zero-order valence-electron chi connectivity index (χ0n) is 17.0. The predicted molar refractivity (Wildman–Crippen MR) is 119 cm³/mol. The van der Waals surface area contributed by atoms with Crippen LogP contribution >= 0.6 is 11.6 Å². The second-order valence-corrected chi connectivity index (χ2v) is 9.13. The summed E-state index contributed by atoms with van der Waals surface area (Å²) in [6.07, 6.45) is 1.27. The molecule has 0 aliphatic carbocycles. The molecular formula is C20H18ClFN6O3S. The quantitative estimate of drug-likeness (QED) is 0.402. The van der Waals surface area contributed by atoms with Crippen molar-refractivity contribution < 1.29 is 17.9 Å². The van der Waals surface area contributed by atoms with Gasteiger partial charge in [0, 0.05) is 12.6 Å². The number of anilines is 2. The molecule has 32 heavy (non-hydrogen) atoms.